The molecule has 0 spiro atoms. The van der Waals surface area contributed by atoms with Crippen molar-refractivity contribution in [2.45, 2.75) is 32.2 Å². The second-order valence-corrected chi connectivity index (χ2v) is 4.54. The van der Waals surface area contributed by atoms with Crippen LogP contribution >= 0.6 is 0 Å². The van der Waals surface area contributed by atoms with Crippen LogP contribution in [-0.2, 0) is 4.74 Å². The van der Waals surface area contributed by atoms with Crippen molar-refractivity contribution in [1.29, 1.82) is 5.41 Å². The van der Waals surface area contributed by atoms with Gasteiger partial charge >= 0.3 is 0 Å². The minimum Gasteiger partial charge on any atom is -0.388 e. The molecule has 3 N–H and O–H groups in total. The van der Waals surface area contributed by atoms with Crippen LogP contribution in [0.3, 0.4) is 0 Å². The fourth-order valence-corrected chi connectivity index (χ4v) is 2.32. The van der Waals surface area contributed by atoms with Crippen LogP contribution in [0.15, 0.2) is 0 Å². The van der Waals surface area contributed by atoms with Crippen LogP contribution in [-0.4, -0.2) is 43.6 Å². The summed E-state index contributed by atoms with van der Waals surface area (Å²) in [7, 11) is 1.76. The fraction of sp³-hybridized carbons (Fsp3) is 0.909. The van der Waals surface area contributed by atoms with E-state index in [0.29, 0.717) is 18.4 Å². The van der Waals surface area contributed by atoms with Gasteiger partial charge in [-0.3, -0.25) is 10.3 Å². The van der Waals surface area contributed by atoms with E-state index in [1.165, 1.54) is 12.8 Å². The molecule has 0 aromatic carbocycles. The van der Waals surface area contributed by atoms with Gasteiger partial charge in [0.1, 0.15) is 0 Å². The molecule has 2 unspecified atom stereocenters. The Morgan fingerprint density at radius 1 is 1.67 bits per heavy atom. The molecule has 0 amide bonds. The van der Waals surface area contributed by atoms with Gasteiger partial charge in [-0.1, -0.05) is 0 Å². The Morgan fingerprint density at radius 3 is 3.00 bits per heavy atom. The lowest BCUT2D eigenvalue weighted by Crippen LogP contribution is -2.43. The lowest BCUT2D eigenvalue weighted by Gasteiger charge is -2.36. The molecule has 1 aliphatic rings. The minimum absolute atomic E-state index is 0.288. The number of likely N-dealkylation sites (tertiary alicyclic amines) is 1. The van der Waals surface area contributed by atoms with E-state index < -0.39 is 0 Å². The van der Waals surface area contributed by atoms with E-state index in [0.717, 1.165) is 19.7 Å². The highest BCUT2D eigenvalue weighted by Crippen LogP contribution is 2.19. The van der Waals surface area contributed by atoms with E-state index in [4.69, 9.17) is 15.9 Å². The van der Waals surface area contributed by atoms with Gasteiger partial charge in [0.2, 0.25) is 0 Å². The van der Waals surface area contributed by atoms with E-state index in [-0.39, 0.29) is 5.84 Å². The molecule has 0 aromatic rings. The summed E-state index contributed by atoms with van der Waals surface area (Å²) in [6.45, 7) is 5.22. The molecular formula is C11H23N3O. The molecule has 0 aromatic heterocycles. The molecule has 1 rings (SSSR count). The highest BCUT2D eigenvalue weighted by atomic mass is 16.5. The molecule has 15 heavy (non-hydrogen) atoms. The molecule has 2 atom stereocenters. The number of rotatable bonds is 5. The Balaban J connectivity index is 2.37. The molecule has 1 fully saturated rings. The summed E-state index contributed by atoms with van der Waals surface area (Å²) in [5.41, 5.74) is 5.43. The van der Waals surface area contributed by atoms with Crippen LogP contribution < -0.4 is 5.73 Å². The highest BCUT2D eigenvalue weighted by Gasteiger charge is 2.23. The number of nitrogens with zero attached hydrogens (tertiary/aromatic N) is 1. The summed E-state index contributed by atoms with van der Waals surface area (Å²) in [6.07, 6.45) is 3.17. The van der Waals surface area contributed by atoms with Crippen molar-refractivity contribution in [1.82, 2.24) is 4.90 Å². The topological polar surface area (TPSA) is 62.3 Å². The maximum Gasteiger partial charge on any atom is 0.0920 e. The highest BCUT2D eigenvalue weighted by molar-refractivity contribution is 5.77. The zero-order chi connectivity index (χ0) is 11.3. The van der Waals surface area contributed by atoms with E-state index in [2.05, 4.69) is 11.8 Å². The maximum atomic E-state index is 7.30. The Bertz CT molecular complexity index is 206. The molecule has 0 aliphatic carbocycles. The zero-order valence-corrected chi connectivity index (χ0v) is 9.83. The van der Waals surface area contributed by atoms with Gasteiger partial charge in [-0.05, 0) is 32.2 Å². The Labute approximate surface area is 92.3 Å². The third-order valence-electron chi connectivity index (χ3n) is 3.09. The van der Waals surface area contributed by atoms with Gasteiger partial charge in [0.05, 0.1) is 12.4 Å². The number of ether oxygens (including phenoxy) is 1. The van der Waals surface area contributed by atoms with Crippen molar-refractivity contribution >= 4 is 5.84 Å². The normalized spacial score (nSPS) is 25.1. The number of nitrogens with one attached hydrogen (secondary N) is 1. The number of amidine groups is 1. The van der Waals surface area contributed by atoms with E-state index >= 15 is 0 Å². The van der Waals surface area contributed by atoms with Crippen molar-refractivity contribution in [3.05, 3.63) is 0 Å². The first-order valence-electron chi connectivity index (χ1n) is 5.69. The maximum absolute atomic E-state index is 7.30. The first-order chi connectivity index (χ1) is 7.13. The van der Waals surface area contributed by atoms with Gasteiger partial charge in [0.15, 0.2) is 0 Å². The van der Waals surface area contributed by atoms with Crippen molar-refractivity contribution in [2.75, 3.05) is 26.8 Å². The molecular weight excluding hydrogens is 190 g/mol. The van der Waals surface area contributed by atoms with Gasteiger partial charge in [-0.2, -0.15) is 0 Å². The number of hydrogen-bond donors (Lipinski definition) is 2. The van der Waals surface area contributed by atoms with Gasteiger partial charge < -0.3 is 10.5 Å². The summed E-state index contributed by atoms with van der Waals surface area (Å²) < 4.78 is 5.20. The molecule has 1 heterocycles. The minimum atomic E-state index is 0.288. The fourth-order valence-electron chi connectivity index (χ4n) is 2.32. The van der Waals surface area contributed by atoms with Crippen molar-refractivity contribution in [3.8, 4) is 0 Å². The predicted molar refractivity (Wildman–Crippen MR) is 62.2 cm³/mol. The van der Waals surface area contributed by atoms with Gasteiger partial charge in [-0.25, -0.2) is 0 Å². The van der Waals surface area contributed by atoms with Crippen molar-refractivity contribution in [2.24, 2.45) is 11.7 Å². The van der Waals surface area contributed by atoms with E-state index in [1.54, 1.807) is 7.11 Å². The number of nitrogens with two attached hydrogens (primary N) is 1. The molecule has 0 bridgehead atoms. The van der Waals surface area contributed by atoms with Crippen LogP contribution in [0, 0.1) is 11.3 Å². The molecule has 1 aliphatic heterocycles. The van der Waals surface area contributed by atoms with Crippen LogP contribution in [0.2, 0.25) is 0 Å². The van der Waals surface area contributed by atoms with Crippen LogP contribution in [0.5, 0.6) is 0 Å². The first kappa shape index (κ1) is 12.5. The Morgan fingerprint density at radius 2 is 2.40 bits per heavy atom. The second-order valence-electron chi connectivity index (χ2n) is 4.54. The summed E-state index contributed by atoms with van der Waals surface area (Å²) in [6, 6.07) is 0.391. The lowest BCUT2D eigenvalue weighted by atomic mass is 9.97. The third kappa shape index (κ3) is 4.18. The monoisotopic (exact) mass is 213 g/mol. The molecule has 0 radical (unpaired) electrons. The predicted octanol–water partition coefficient (Wildman–Crippen LogP) is 1.06. The van der Waals surface area contributed by atoms with Crippen molar-refractivity contribution < 1.29 is 4.74 Å². The smallest absolute Gasteiger partial charge is 0.0920 e. The number of hydrogen-bond acceptors (Lipinski definition) is 3. The van der Waals surface area contributed by atoms with E-state index in [9.17, 15) is 0 Å². The quantitative estimate of drug-likeness (QED) is 0.530. The molecule has 88 valence electrons. The van der Waals surface area contributed by atoms with Gasteiger partial charge in [0, 0.05) is 26.1 Å². The SMILES string of the molecule is COCC1CCCN(C(C)CC(=N)N)C1. The zero-order valence-electron chi connectivity index (χ0n) is 9.83. The second kappa shape index (κ2) is 6.08. The summed E-state index contributed by atoms with van der Waals surface area (Å²) in [5, 5.41) is 7.30. The van der Waals surface area contributed by atoms with Crippen molar-refractivity contribution in [3.63, 3.8) is 0 Å². The Kier molecular flexibility index (Phi) is 5.05. The number of piperidine rings is 1. The summed E-state index contributed by atoms with van der Waals surface area (Å²) in [5.74, 6) is 0.939. The Hall–Kier alpha value is -0.610. The standard InChI is InChI=1S/C11H23N3O/c1-9(6-11(12)13)14-5-3-4-10(7-14)8-15-2/h9-10H,3-8H2,1-2H3,(H3,12,13). The summed E-state index contributed by atoms with van der Waals surface area (Å²) in [4.78, 5) is 2.43. The largest absolute Gasteiger partial charge is 0.388 e. The van der Waals surface area contributed by atoms with Gasteiger partial charge in [-0.15, -0.1) is 0 Å². The third-order valence-corrected chi connectivity index (χ3v) is 3.09. The average Bonchev–Trinajstić information content (AvgIpc) is 2.17. The summed E-state index contributed by atoms with van der Waals surface area (Å²) >= 11 is 0. The molecule has 1 saturated heterocycles. The van der Waals surface area contributed by atoms with E-state index in [1.807, 2.05) is 0 Å². The average molecular weight is 213 g/mol. The van der Waals surface area contributed by atoms with Gasteiger partial charge in [0.25, 0.3) is 0 Å². The first-order valence-corrected chi connectivity index (χ1v) is 5.69. The molecule has 4 heteroatoms. The number of methoxy groups -OCH3 is 1. The molecule has 4 nitrogen and oxygen atoms in total. The van der Waals surface area contributed by atoms with Crippen LogP contribution in [0.1, 0.15) is 26.2 Å². The van der Waals surface area contributed by atoms with Crippen LogP contribution in [0.4, 0.5) is 0 Å². The van der Waals surface area contributed by atoms with Crippen LogP contribution in [0.25, 0.3) is 0 Å². The molecule has 0 saturated carbocycles. The lowest BCUT2D eigenvalue weighted by molar-refractivity contribution is 0.0737.